The quantitative estimate of drug-likeness (QED) is 0.611. The molecule has 2 N–H and O–H groups in total. The molecule has 0 radical (unpaired) electrons. The number of aliphatic carboxylic acids is 1. The van der Waals surface area contributed by atoms with Crippen molar-refractivity contribution in [2.24, 2.45) is 17.8 Å². The number of methoxy groups -OCH3 is 1. The number of carboxylic acid groups (broad SMARTS) is 1. The number of carbonyl (C=O) groups excluding carboxylic acids is 1. The van der Waals surface area contributed by atoms with Crippen LogP contribution in [0.1, 0.15) is 43.6 Å². The zero-order valence-corrected chi connectivity index (χ0v) is 18.5. The monoisotopic (exact) mass is 442 g/mol. The van der Waals surface area contributed by atoms with Gasteiger partial charge in [0.25, 0.3) is 0 Å². The Morgan fingerprint density at radius 1 is 1.25 bits per heavy atom. The maximum Gasteiger partial charge on any atom is 0.307 e. The molecule has 8 nitrogen and oxygen atoms in total. The van der Waals surface area contributed by atoms with Crippen LogP contribution in [0.25, 0.3) is 11.5 Å². The molecule has 2 aliphatic rings. The standard InChI is InChI=1S/C24H30N2O6/c1-14-21(26-23(32-14)16-6-4-8-18(10-16)30-2)13-31-12-15-5-3-7-17(9-15)25-22(27)19-11-20(19)24(28)29/h4,6,8,10,15,17,19-20H,3,5,7,9,11-13H2,1-2H3,(H,25,27)(H,28,29). The molecule has 1 aromatic heterocycles. The molecule has 4 rings (SSSR count). The van der Waals surface area contributed by atoms with Gasteiger partial charge in [-0.15, -0.1) is 0 Å². The first-order chi connectivity index (χ1) is 15.4. The van der Waals surface area contributed by atoms with E-state index >= 15 is 0 Å². The Morgan fingerprint density at radius 3 is 2.84 bits per heavy atom. The Morgan fingerprint density at radius 2 is 2.09 bits per heavy atom. The summed E-state index contributed by atoms with van der Waals surface area (Å²) in [5, 5.41) is 12.1. The summed E-state index contributed by atoms with van der Waals surface area (Å²) < 4.78 is 17.0. The molecule has 1 aromatic carbocycles. The smallest absolute Gasteiger partial charge is 0.307 e. The second kappa shape index (κ2) is 9.73. The lowest BCUT2D eigenvalue weighted by atomic mass is 9.86. The van der Waals surface area contributed by atoms with Crippen LogP contribution < -0.4 is 10.1 Å². The number of carbonyl (C=O) groups is 2. The van der Waals surface area contributed by atoms with Gasteiger partial charge in [0.2, 0.25) is 11.8 Å². The van der Waals surface area contributed by atoms with Crippen LogP contribution in [0.2, 0.25) is 0 Å². The van der Waals surface area contributed by atoms with Crippen LogP contribution in [0.4, 0.5) is 0 Å². The molecule has 0 bridgehead atoms. The minimum Gasteiger partial charge on any atom is -0.497 e. The third kappa shape index (κ3) is 5.30. The Kier molecular flexibility index (Phi) is 6.79. The fraction of sp³-hybridized carbons (Fsp3) is 0.542. The van der Waals surface area contributed by atoms with E-state index < -0.39 is 11.9 Å². The van der Waals surface area contributed by atoms with Gasteiger partial charge in [-0.1, -0.05) is 12.5 Å². The molecule has 32 heavy (non-hydrogen) atoms. The van der Waals surface area contributed by atoms with Crippen LogP contribution in [-0.4, -0.2) is 41.7 Å². The minimum atomic E-state index is -0.877. The lowest BCUT2D eigenvalue weighted by molar-refractivity contribution is -0.140. The van der Waals surface area contributed by atoms with E-state index in [0.717, 1.165) is 48.5 Å². The molecule has 4 unspecified atom stereocenters. The van der Waals surface area contributed by atoms with Crippen molar-refractivity contribution in [3.8, 4) is 17.2 Å². The van der Waals surface area contributed by atoms with Crippen molar-refractivity contribution in [1.82, 2.24) is 10.3 Å². The molecule has 0 spiro atoms. The summed E-state index contributed by atoms with van der Waals surface area (Å²) in [6, 6.07) is 7.67. The second-order valence-corrected chi connectivity index (χ2v) is 8.79. The van der Waals surface area contributed by atoms with Gasteiger partial charge in [-0.05, 0) is 56.7 Å². The molecule has 2 fully saturated rings. The lowest BCUT2D eigenvalue weighted by Crippen LogP contribution is -2.40. The molecule has 172 valence electrons. The van der Waals surface area contributed by atoms with Gasteiger partial charge in [0.15, 0.2) is 0 Å². The van der Waals surface area contributed by atoms with E-state index in [1.165, 1.54) is 0 Å². The summed E-state index contributed by atoms with van der Waals surface area (Å²) in [6.45, 7) is 2.84. The van der Waals surface area contributed by atoms with E-state index in [4.69, 9.17) is 19.0 Å². The summed E-state index contributed by atoms with van der Waals surface area (Å²) in [4.78, 5) is 27.8. The molecule has 1 amide bonds. The Labute approximate surface area is 187 Å². The van der Waals surface area contributed by atoms with E-state index in [2.05, 4.69) is 10.3 Å². The Bertz CT molecular complexity index is 971. The van der Waals surface area contributed by atoms with Crippen molar-refractivity contribution in [3.63, 3.8) is 0 Å². The SMILES string of the molecule is COc1cccc(-c2nc(COCC3CCCC(NC(=O)C4CC4C(=O)O)C3)c(C)o2)c1. The lowest BCUT2D eigenvalue weighted by Gasteiger charge is -2.29. The first-order valence-corrected chi connectivity index (χ1v) is 11.2. The third-order valence-electron chi connectivity index (χ3n) is 6.38. The van der Waals surface area contributed by atoms with Gasteiger partial charge < -0.3 is 24.3 Å². The summed E-state index contributed by atoms with van der Waals surface area (Å²) in [5.41, 5.74) is 1.63. The number of ether oxygens (including phenoxy) is 2. The number of aryl methyl sites for hydroxylation is 1. The molecule has 0 saturated heterocycles. The van der Waals surface area contributed by atoms with Gasteiger partial charge in [-0.3, -0.25) is 9.59 Å². The zero-order valence-electron chi connectivity index (χ0n) is 18.5. The summed E-state index contributed by atoms with van der Waals surface area (Å²) in [7, 11) is 1.62. The van der Waals surface area contributed by atoms with Crippen molar-refractivity contribution >= 4 is 11.9 Å². The number of carboxylic acids is 1. The highest BCUT2D eigenvalue weighted by atomic mass is 16.5. The van der Waals surface area contributed by atoms with E-state index in [9.17, 15) is 9.59 Å². The third-order valence-corrected chi connectivity index (χ3v) is 6.38. The molecule has 8 heteroatoms. The highest BCUT2D eigenvalue weighted by molar-refractivity contribution is 5.89. The number of benzene rings is 1. The van der Waals surface area contributed by atoms with Crippen LogP contribution in [-0.2, 0) is 20.9 Å². The first-order valence-electron chi connectivity index (χ1n) is 11.2. The number of hydrogen-bond acceptors (Lipinski definition) is 6. The highest BCUT2D eigenvalue weighted by Gasteiger charge is 2.48. The van der Waals surface area contributed by atoms with Crippen LogP contribution in [0.5, 0.6) is 5.75 Å². The molecule has 2 aliphatic carbocycles. The van der Waals surface area contributed by atoms with Crippen molar-refractivity contribution in [3.05, 3.63) is 35.7 Å². The summed E-state index contributed by atoms with van der Waals surface area (Å²) >= 11 is 0. The predicted octanol–water partition coefficient (Wildman–Crippen LogP) is 3.57. The number of amides is 1. The fourth-order valence-electron chi connectivity index (χ4n) is 4.40. The number of rotatable bonds is 9. The summed E-state index contributed by atoms with van der Waals surface area (Å²) in [5.74, 6) is 0.506. The largest absolute Gasteiger partial charge is 0.497 e. The Balaban J connectivity index is 1.25. The van der Waals surface area contributed by atoms with Crippen LogP contribution >= 0.6 is 0 Å². The maximum absolute atomic E-state index is 12.3. The topological polar surface area (TPSA) is 111 Å². The predicted molar refractivity (Wildman–Crippen MR) is 116 cm³/mol. The van der Waals surface area contributed by atoms with Crippen molar-refractivity contribution in [1.29, 1.82) is 0 Å². The normalized spacial score (nSPS) is 24.7. The zero-order chi connectivity index (χ0) is 22.7. The van der Waals surface area contributed by atoms with Gasteiger partial charge in [0.05, 0.1) is 25.6 Å². The number of nitrogens with one attached hydrogen (secondary N) is 1. The van der Waals surface area contributed by atoms with Crippen molar-refractivity contribution < 1.29 is 28.6 Å². The fourth-order valence-corrected chi connectivity index (χ4v) is 4.40. The van der Waals surface area contributed by atoms with Crippen molar-refractivity contribution in [2.75, 3.05) is 13.7 Å². The molecule has 4 atom stereocenters. The van der Waals surface area contributed by atoms with Crippen molar-refractivity contribution in [2.45, 2.75) is 51.7 Å². The second-order valence-electron chi connectivity index (χ2n) is 8.79. The van der Waals surface area contributed by atoms with Gasteiger partial charge in [-0.25, -0.2) is 4.98 Å². The van der Waals surface area contributed by atoms with Crippen LogP contribution in [0.15, 0.2) is 28.7 Å². The van der Waals surface area contributed by atoms with E-state index in [1.54, 1.807) is 7.11 Å². The van der Waals surface area contributed by atoms with E-state index in [0.29, 0.717) is 31.4 Å². The molecular weight excluding hydrogens is 412 g/mol. The molecule has 0 aliphatic heterocycles. The van der Waals surface area contributed by atoms with Crippen LogP contribution in [0.3, 0.4) is 0 Å². The number of nitrogens with zero attached hydrogens (tertiary/aromatic N) is 1. The van der Waals surface area contributed by atoms with Gasteiger partial charge in [0.1, 0.15) is 17.2 Å². The minimum absolute atomic E-state index is 0.0911. The van der Waals surface area contributed by atoms with Gasteiger partial charge in [0, 0.05) is 18.2 Å². The van der Waals surface area contributed by atoms with Gasteiger partial charge in [-0.2, -0.15) is 0 Å². The molecule has 1 heterocycles. The highest BCUT2D eigenvalue weighted by Crippen LogP contribution is 2.39. The average molecular weight is 443 g/mol. The summed E-state index contributed by atoms with van der Waals surface area (Å²) in [6.07, 6.45) is 4.31. The number of hydrogen-bond donors (Lipinski definition) is 2. The molecule has 2 saturated carbocycles. The van der Waals surface area contributed by atoms with E-state index in [-0.39, 0.29) is 17.9 Å². The number of aromatic nitrogens is 1. The van der Waals surface area contributed by atoms with Gasteiger partial charge >= 0.3 is 5.97 Å². The van der Waals surface area contributed by atoms with Crippen LogP contribution in [0, 0.1) is 24.7 Å². The Hall–Kier alpha value is -2.87. The average Bonchev–Trinajstić information content (AvgIpc) is 3.52. The molecular formula is C24H30N2O6. The number of oxazole rings is 1. The molecule has 2 aromatic rings. The maximum atomic E-state index is 12.3. The van der Waals surface area contributed by atoms with E-state index in [1.807, 2.05) is 31.2 Å². The first kappa shape index (κ1) is 22.3.